The molecular weight excluding hydrogens is 255 g/mol. The molecule has 0 bridgehead atoms. The second-order valence-electron chi connectivity index (χ2n) is 4.95. The third-order valence-corrected chi connectivity index (χ3v) is 3.68. The SMILES string of the molecule is CCC#CCN1CCCC2(CCNC2)C1.Cl.Cl. The zero-order valence-electron chi connectivity index (χ0n) is 10.6. The predicted octanol–water partition coefficient (Wildman–Crippen LogP) is 2.32. The molecule has 2 fully saturated rings. The first-order valence-electron chi connectivity index (χ1n) is 6.23. The van der Waals surface area contributed by atoms with Crippen LogP contribution >= 0.6 is 24.8 Å². The molecule has 0 saturated carbocycles. The van der Waals surface area contributed by atoms with Gasteiger partial charge in [-0.2, -0.15) is 0 Å². The first-order chi connectivity index (χ1) is 7.35. The predicted molar refractivity (Wildman–Crippen MR) is 78.2 cm³/mol. The Kier molecular flexibility index (Phi) is 8.24. The molecule has 2 aliphatic rings. The van der Waals surface area contributed by atoms with Gasteiger partial charge in [0.05, 0.1) is 6.54 Å². The largest absolute Gasteiger partial charge is 0.316 e. The van der Waals surface area contributed by atoms with Gasteiger partial charge in [0.1, 0.15) is 0 Å². The fraction of sp³-hybridized carbons (Fsp3) is 0.846. The average molecular weight is 279 g/mol. The van der Waals surface area contributed by atoms with Crippen LogP contribution in [0.2, 0.25) is 0 Å². The fourth-order valence-corrected chi connectivity index (χ4v) is 2.88. The maximum absolute atomic E-state index is 3.51. The summed E-state index contributed by atoms with van der Waals surface area (Å²) in [7, 11) is 0. The molecule has 1 atom stereocenters. The highest BCUT2D eigenvalue weighted by atomic mass is 35.5. The van der Waals surface area contributed by atoms with Crippen LogP contribution in [0.25, 0.3) is 0 Å². The number of hydrogen-bond acceptors (Lipinski definition) is 2. The van der Waals surface area contributed by atoms with E-state index in [1.807, 2.05) is 0 Å². The van der Waals surface area contributed by atoms with Gasteiger partial charge in [-0.05, 0) is 37.8 Å². The van der Waals surface area contributed by atoms with Gasteiger partial charge in [0.25, 0.3) is 0 Å². The summed E-state index contributed by atoms with van der Waals surface area (Å²) < 4.78 is 0. The zero-order chi connectivity index (χ0) is 10.6. The molecule has 17 heavy (non-hydrogen) atoms. The van der Waals surface area contributed by atoms with Crippen molar-refractivity contribution in [2.45, 2.75) is 32.6 Å². The summed E-state index contributed by atoms with van der Waals surface area (Å²) in [4.78, 5) is 2.54. The molecule has 2 aliphatic heterocycles. The Morgan fingerprint density at radius 1 is 1.24 bits per heavy atom. The van der Waals surface area contributed by atoms with E-state index in [4.69, 9.17) is 0 Å². The second kappa shape index (κ2) is 8.21. The van der Waals surface area contributed by atoms with Gasteiger partial charge in [0.15, 0.2) is 0 Å². The van der Waals surface area contributed by atoms with Crippen LogP contribution in [0.1, 0.15) is 32.6 Å². The van der Waals surface area contributed by atoms with Crippen LogP contribution in [0.3, 0.4) is 0 Å². The number of piperidine rings is 1. The third-order valence-electron chi connectivity index (χ3n) is 3.68. The van der Waals surface area contributed by atoms with Crippen molar-refractivity contribution in [1.29, 1.82) is 0 Å². The van der Waals surface area contributed by atoms with Gasteiger partial charge < -0.3 is 5.32 Å². The van der Waals surface area contributed by atoms with Crippen molar-refractivity contribution in [3.8, 4) is 11.8 Å². The Hall–Kier alpha value is 0.0600. The monoisotopic (exact) mass is 278 g/mol. The summed E-state index contributed by atoms with van der Waals surface area (Å²) in [5.41, 5.74) is 0.589. The molecule has 100 valence electrons. The Labute approximate surface area is 118 Å². The smallest absolute Gasteiger partial charge is 0.0601 e. The molecule has 0 aliphatic carbocycles. The van der Waals surface area contributed by atoms with Crippen LogP contribution in [-0.2, 0) is 0 Å². The Balaban J connectivity index is 0.00000128. The molecule has 0 aromatic heterocycles. The average Bonchev–Trinajstić information content (AvgIpc) is 2.67. The quantitative estimate of drug-likeness (QED) is 0.741. The standard InChI is InChI=1S/C13H22N2.2ClH/c1-2-3-4-9-15-10-5-6-13(12-15)7-8-14-11-13;;/h14H,2,5-12H2,1H3;2*1H. The molecule has 1 N–H and O–H groups in total. The van der Waals surface area contributed by atoms with Crippen LogP contribution in [0.4, 0.5) is 0 Å². The van der Waals surface area contributed by atoms with Crippen molar-refractivity contribution < 1.29 is 0 Å². The van der Waals surface area contributed by atoms with Gasteiger partial charge in [-0.15, -0.1) is 30.7 Å². The number of nitrogens with zero attached hydrogens (tertiary/aromatic N) is 1. The maximum atomic E-state index is 3.51. The van der Waals surface area contributed by atoms with Crippen molar-refractivity contribution in [3.63, 3.8) is 0 Å². The van der Waals surface area contributed by atoms with Crippen molar-refractivity contribution >= 4 is 24.8 Å². The van der Waals surface area contributed by atoms with Crippen LogP contribution in [0, 0.1) is 17.3 Å². The van der Waals surface area contributed by atoms with Crippen molar-refractivity contribution in [1.82, 2.24) is 10.2 Å². The lowest BCUT2D eigenvalue weighted by Crippen LogP contribution is -2.44. The van der Waals surface area contributed by atoms with E-state index in [9.17, 15) is 0 Å². The molecule has 0 radical (unpaired) electrons. The minimum Gasteiger partial charge on any atom is -0.316 e. The molecule has 2 rings (SSSR count). The summed E-state index contributed by atoms with van der Waals surface area (Å²) in [5, 5.41) is 3.51. The number of nitrogens with one attached hydrogen (secondary N) is 1. The lowest BCUT2D eigenvalue weighted by Gasteiger charge is -2.39. The molecule has 0 aromatic carbocycles. The molecule has 0 amide bonds. The van der Waals surface area contributed by atoms with Gasteiger partial charge in [-0.25, -0.2) is 0 Å². The van der Waals surface area contributed by atoms with E-state index in [2.05, 4.69) is 29.0 Å². The van der Waals surface area contributed by atoms with Crippen LogP contribution in [-0.4, -0.2) is 37.6 Å². The molecule has 2 nitrogen and oxygen atoms in total. The number of hydrogen-bond donors (Lipinski definition) is 1. The van der Waals surface area contributed by atoms with E-state index in [1.54, 1.807) is 0 Å². The van der Waals surface area contributed by atoms with E-state index in [-0.39, 0.29) is 24.8 Å². The van der Waals surface area contributed by atoms with E-state index < -0.39 is 0 Å². The van der Waals surface area contributed by atoms with Crippen molar-refractivity contribution in [3.05, 3.63) is 0 Å². The highest BCUT2D eigenvalue weighted by molar-refractivity contribution is 5.85. The highest BCUT2D eigenvalue weighted by Gasteiger charge is 2.37. The first kappa shape index (κ1) is 17.1. The Bertz CT molecular complexity index is 264. The molecule has 1 spiro atoms. The van der Waals surface area contributed by atoms with Crippen molar-refractivity contribution in [2.24, 2.45) is 5.41 Å². The normalized spacial score (nSPS) is 27.8. The first-order valence-corrected chi connectivity index (χ1v) is 6.23. The molecule has 4 heteroatoms. The summed E-state index contributed by atoms with van der Waals surface area (Å²) in [6.07, 6.45) is 5.12. The molecule has 2 heterocycles. The van der Waals surface area contributed by atoms with Crippen molar-refractivity contribution in [2.75, 3.05) is 32.7 Å². The van der Waals surface area contributed by atoms with E-state index in [0.717, 1.165) is 13.0 Å². The van der Waals surface area contributed by atoms with Gasteiger partial charge in [0, 0.05) is 19.5 Å². The van der Waals surface area contributed by atoms with E-state index >= 15 is 0 Å². The molecular formula is C13H24Cl2N2. The van der Waals surface area contributed by atoms with Gasteiger partial charge >= 0.3 is 0 Å². The second-order valence-corrected chi connectivity index (χ2v) is 4.95. The lowest BCUT2D eigenvalue weighted by molar-refractivity contribution is 0.116. The van der Waals surface area contributed by atoms with Gasteiger partial charge in [-0.1, -0.05) is 12.8 Å². The molecule has 1 unspecified atom stereocenters. The fourth-order valence-electron chi connectivity index (χ4n) is 2.88. The summed E-state index contributed by atoms with van der Waals surface area (Å²) in [6.45, 7) is 8.05. The number of rotatable bonds is 1. The highest BCUT2D eigenvalue weighted by Crippen LogP contribution is 2.35. The van der Waals surface area contributed by atoms with Crippen LogP contribution < -0.4 is 5.32 Å². The maximum Gasteiger partial charge on any atom is 0.0601 e. The van der Waals surface area contributed by atoms with E-state index in [1.165, 1.54) is 45.4 Å². The van der Waals surface area contributed by atoms with Crippen LogP contribution in [0.15, 0.2) is 0 Å². The van der Waals surface area contributed by atoms with Gasteiger partial charge in [-0.3, -0.25) is 4.90 Å². The topological polar surface area (TPSA) is 15.3 Å². The minimum absolute atomic E-state index is 0. The summed E-state index contributed by atoms with van der Waals surface area (Å²) in [6, 6.07) is 0. The van der Waals surface area contributed by atoms with E-state index in [0.29, 0.717) is 5.41 Å². The zero-order valence-corrected chi connectivity index (χ0v) is 12.3. The lowest BCUT2D eigenvalue weighted by atomic mass is 9.79. The minimum atomic E-state index is 0. The van der Waals surface area contributed by atoms with Gasteiger partial charge in [0.2, 0.25) is 0 Å². The summed E-state index contributed by atoms with van der Waals surface area (Å²) in [5.74, 6) is 6.43. The summed E-state index contributed by atoms with van der Waals surface area (Å²) >= 11 is 0. The molecule has 0 aromatic rings. The number of likely N-dealkylation sites (tertiary alicyclic amines) is 1. The molecule has 2 saturated heterocycles. The number of halogens is 2. The Morgan fingerprint density at radius 2 is 2.06 bits per heavy atom. The van der Waals surface area contributed by atoms with Crippen LogP contribution in [0.5, 0.6) is 0 Å². The Morgan fingerprint density at radius 3 is 2.71 bits per heavy atom. The third kappa shape index (κ3) is 4.67.